The Morgan fingerprint density at radius 1 is 1.26 bits per heavy atom. The van der Waals surface area contributed by atoms with Crippen molar-refractivity contribution in [3.05, 3.63) is 23.8 Å². The van der Waals surface area contributed by atoms with Crippen molar-refractivity contribution in [3.8, 4) is 11.5 Å². The molecule has 0 aliphatic carbocycles. The molecule has 0 fully saturated rings. The monoisotopic (exact) mass is 321 g/mol. The van der Waals surface area contributed by atoms with Crippen molar-refractivity contribution in [3.63, 3.8) is 0 Å². The molecular formula is C17H23NO5. The van der Waals surface area contributed by atoms with Gasteiger partial charge in [-0.05, 0) is 24.6 Å². The molecule has 1 aliphatic rings. The highest BCUT2D eigenvalue weighted by molar-refractivity contribution is 5.79. The lowest BCUT2D eigenvalue weighted by Gasteiger charge is -2.24. The first-order valence-corrected chi connectivity index (χ1v) is 7.84. The molecule has 1 amide bonds. The minimum absolute atomic E-state index is 0.00645. The summed E-state index contributed by atoms with van der Waals surface area (Å²) in [7, 11) is 0. The number of fused-ring (bicyclic) bond motifs is 1. The first kappa shape index (κ1) is 17.1. The third-order valence-corrected chi connectivity index (χ3v) is 3.51. The smallest absolute Gasteiger partial charge is 0.307 e. The topological polar surface area (TPSA) is 65.1 Å². The van der Waals surface area contributed by atoms with Crippen LogP contribution >= 0.6 is 0 Å². The van der Waals surface area contributed by atoms with Gasteiger partial charge in [0.05, 0.1) is 13.0 Å². The molecule has 1 aliphatic heterocycles. The van der Waals surface area contributed by atoms with Crippen LogP contribution in [0.4, 0.5) is 0 Å². The van der Waals surface area contributed by atoms with Crippen molar-refractivity contribution in [2.75, 3.05) is 19.9 Å². The van der Waals surface area contributed by atoms with Crippen LogP contribution < -0.4 is 9.47 Å². The van der Waals surface area contributed by atoms with Crippen molar-refractivity contribution < 1.29 is 23.8 Å². The van der Waals surface area contributed by atoms with E-state index in [-0.39, 0.29) is 31.0 Å². The number of carbonyl (C=O) groups is 2. The predicted octanol–water partition coefficient (Wildman–Crippen LogP) is 2.35. The van der Waals surface area contributed by atoms with Gasteiger partial charge < -0.3 is 19.1 Å². The number of rotatable bonds is 7. The second-order valence-corrected chi connectivity index (χ2v) is 5.66. The minimum atomic E-state index is -0.292. The molecule has 0 saturated carbocycles. The lowest BCUT2D eigenvalue weighted by Crippen LogP contribution is -2.35. The minimum Gasteiger partial charge on any atom is -0.466 e. The second-order valence-electron chi connectivity index (χ2n) is 5.66. The number of hydrogen-bond donors (Lipinski definition) is 0. The van der Waals surface area contributed by atoms with E-state index in [1.165, 1.54) is 0 Å². The van der Waals surface area contributed by atoms with Crippen LogP contribution in [0.2, 0.25) is 0 Å². The van der Waals surface area contributed by atoms with E-state index in [1.54, 1.807) is 11.8 Å². The van der Waals surface area contributed by atoms with E-state index in [1.807, 2.05) is 32.0 Å². The third kappa shape index (κ3) is 4.61. The number of ether oxygens (including phenoxy) is 3. The number of hydrogen-bond acceptors (Lipinski definition) is 5. The molecule has 6 heteroatoms. The molecule has 0 spiro atoms. The Morgan fingerprint density at radius 2 is 2.00 bits per heavy atom. The van der Waals surface area contributed by atoms with Crippen molar-refractivity contribution in [2.24, 2.45) is 5.92 Å². The number of benzene rings is 1. The lowest BCUT2D eigenvalue weighted by atomic mass is 10.1. The van der Waals surface area contributed by atoms with E-state index in [0.29, 0.717) is 31.2 Å². The molecule has 23 heavy (non-hydrogen) atoms. The maximum Gasteiger partial charge on any atom is 0.307 e. The number of nitrogens with zero attached hydrogens (tertiary/aromatic N) is 1. The van der Waals surface area contributed by atoms with Gasteiger partial charge >= 0.3 is 5.97 Å². The summed E-state index contributed by atoms with van der Waals surface area (Å²) in [6, 6.07) is 5.60. The fraction of sp³-hybridized carbons (Fsp3) is 0.529. The quantitative estimate of drug-likeness (QED) is 0.721. The maximum atomic E-state index is 12.4. The van der Waals surface area contributed by atoms with Crippen molar-refractivity contribution in [2.45, 2.75) is 33.7 Å². The van der Waals surface area contributed by atoms with Gasteiger partial charge in [0.1, 0.15) is 0 Å². The second kappa shape index (κ2) is 7.85. The number of amides is 1. The van der Waals surface area contributed by atoms with Gasteiger partial charge in [-0.3, -0.25) is 9.59 Å². The zero-order chi connectivity index (χ0) is 16.8. The van der Waals surface area contributed by atoms with E-state index in [4.69, 9.17) is 14.2 Å². The molecule has 0 unspecified atom stereocenters. The predicted molar refractivity (Wildman–Crippen MR) is 84.1 cm³/mol. The Kier molecular flexibility index (Phi) is 5.84. The maximum absolute atomic E-state index is 12.4. The molecule has 126 valence electrons. The molecule has 0 bridgehead atoms. The Balaban J connectivity index is 2.04. The van der Waals surface area contributed by atoms with E-state index in [2.05, 4.69) is 0 Å². The van der Waals surface area contributed by atoms with Crippen LogP contribution in [-0.4, -0.2) is 36.7 Å². The average molecular weight is 321 g/mol. The highest BCUT2D eigenvalue weighted by atomic mass is 16.7. The largest absolute Gasteiger partial charge is 0.466 e. The summed E-state index contributed by atoms with van der Waals surface area (Å²) in [5.74, 6) is 0.977. The normalized spacial score (nSPS) is 12.3. The van der Waals surface area contributed by atoms with E-state index >= 15 is 0 Å². The molecule has 0 saturated heterocycles. The van der Waals surface area contributed by atoms with Crippen LogP contribution in [0.15, 0.2) is 18.2 Å². The van der Waals surface area contributed by atoms with Gasteiger partial charge in [-0.1, -0.05) is 19.9 Å². The highest BCUT2D eigenvalue weighted by Crippen LogP contribution is 2.32. The Morgan fingerprint density at radius 3 is 2.70 bits per heavy atom. The van der Waals surface area contributed by atoms with Gasteiger partial charge in [0, 0.05) is 19.0 Å². The van der Waals surface area contributed by atoms with E-state index in [0.717, 1.165) is 5.56 Å². The highest BCUT2D eigenvalue weighted by Gasteiger charge is 2.20. The standard InChI is InChI=1S/C17H23NO5/c1-4-21-16(19)7-8-18(17(20)12(2)3)10-13-5-6-14-15(9-13)23-11-22-14/h5-6,9,12H,4,7-8,10-11H2,1-3H3. The summed E-state index contributed by atoms with van der Waals surface area (Å²) in [4.78, 5) is 25.6. The molecule has 0 radical (unpaired) electrons. The van der Waals surface area contributed by atoms with Gasteiger partial charge in [-0.2, -0.15) is 0 Å². The zero-order valence-electron chi connectivity index (χ0n) is 13.8. The van der Waals surface area contributed by atoms with Gasteiger partial charge in [0.25, 0.3) is 0 Å². The molecule has 0 aromatic heterocycles. The molecule has 6 nitrogen and oxygen atoms in total. The Bertz CT molecular complexity index is 570. The van der Waals surface area contributed by atoms with Crippen molar-refractivity contribution in [1.82, 2.24) is 4.90 Å². The van der Waals surface area contributed by atoms with E-state index < -0.39 is 0 Å². The fourth-order valence-corrected chi connectivity index (χ4v) is 2.35. The molecule has 0 N–H and O–H groups in total. The van der Waals surface area contributed by atoms with Crippen LogP contribution in [0.3, 0.4) is 0 Å². The fourth-order valence-electron chi connectivity index (χ4n) is 2.35. The van der Waals surface area contributed by atoms with E-state index in [9.17, 15) is 9.59 Å². The SMILES string of the molecule is CCOC(=O)CCN(Cc1ccc2c(c1)OCO2)C(=O)C(C)C. The molecule has 2 rings (SSSR count). The van der Waals surface area contributed by atoms with Gasteiger partial charge in [0.15, 0.2) is 11.5 Å². The number of carbonyl (C=O) groups excluding carboxylic acids is 2. The molecular weight excluding hydrogens is 298 g/mol. The van der Waals surface area contributed by atoms with Crippen LogP contribution in [0.25, 0.3) is 0 Å². The average Bonchev–Trinajstić information content (AvgIpc) is 2.98. The first-order valence-electron chi connectivity index (χ1n) is 7.84. The van der Waals surface area contributed by atoms with Crippen molar-refractivity contribution >= 4 is 11.9 Å². The zero-order valence-corrected chi connectivity index (χ0v) is 13.8. The molecule has 1 heterocycles. The molecule has 0 atom stereocenters. The number of esters is 1. The summed E-state index contributed by atoms with van der Waals surface area (Å²) in [5, 5.41) is 0. The van der Waals surface area contributed by atoms with Crippen LogP contribution in [0.1, 0.15) is 32.8 Å². The summed E-state index contributed by atoms with van der Waals surface area (Å²) in [6.45, 7) is 6.78. The summed E-state index contributed by atoms with van der Waals surface area (Å²) >= 11 is 0. The van der Waals surface area contributed by atoms with Crippen LogP contribution in [0, 0.1) is 5.92 Å². The Labute approximate surface area is 136 Å². The Hall–Kier alpha value is -2.24. The summed E-state index contributed by atoms with van der Waals surface area (Å²) in [5.41, 5.74) is 0.937. The lowest BCUT2D eigenvalue weighted by molar-refractivity contribution is -0.144. The van der Waals surface area contributed by atoms with Crippen LogP contribution in [-0.2, 0) is 20.9 Å². The summed E-state index contributed by atoms with van der Waals surface area (Å²) in [6.07, 6.45) is 0.191. The van der Waals surface area contributed by atoms with Crippen LogP contribution in [0.5, 0.6) is 11.5 Å². The molecule has 1 aromatic carbocycles. The molecule has 1 aromatic rings. The van der Waals surface area contributed by atoms with Crippen molar-refractivity contribution in [1.29, 1.82) is 0 Å². The first-order chi connectivity index (χ1) is 11.0. The van der Waals surface area contributed by atoms with Gasteiger partial charge in [0.2, 0.25) is 12.7 Å². The van der Waals surface area contributed by atoms with Gasteiger partial charge in [-0.25, -0.2) is 0 Å². The summed E-state index contributed by atoms with van der Waals surface area (Å²) < 4.78 is 15.6. The third-order valence-electron chi connectivity index (χ3n) is 3.51. The van der Waals surface area contributed by atoms with Gasteiger partial charge in [-0.15, -0.1) is 0 Å².